The Hall–Kier alpha value is -2.93. The summed E-state index contributed by atoms with van der Waals surface area (Å²) in [4.78, 5) is 18.1. The topological polar surface area (TPSA) is 73.8 Å². The Bertz CT molecular complexity index is 1200. The van der Waals surface area contributed by atoms with E-state index in [0.29, 0.717) is 40.0 Å². The number of rotatable bonds is 8. The van der Waals surface area contributed by atoms with Crippen molar-refractivity contribution in [2.75, 3.05) is 0 Å². The number of benzene rings is 2. The monoisotopic (exact) mass is 420 g/mol. The van der Waals surface area contributed by atoms with Gasteiger partial charge >= 0.3 is 0 Å². The van der Waals surface area contributed by atoms with Gasteiger partial charge in [0.05, 0.1) is 22.3 Å². The predicted octanol–water partition coefficient (Wildman–Crippen LogP) is 4.97. The van der Waals surface area contributed by atoms with E-state index in [0.717, 1.165) is 24.9 Å². The second-order valence-corrected chi connectivity index (χ2v) is 8.00. The molecule has 0 unspecified atom stereocenters. The summed E-state index contributed by atoms with van der Waals surface area (Å²) in [6.45, 7) is 4.15. The third-order valence-corrected chi connectivity index (χ3v) is 5.82. The summed E-state index contributed by atoms with van der Waals surface area (Å²) in [5.74, 6) is 1.59. The molecule has 0 saturated heterocycles. The molecule has 0 aliphatic rings. The summed E-state index contributed by atoms with van der Waals surface area (Å²) in [5.41, 5.74) is 2.68. The smallest absolute Gasteiger partial charge is 0.266 e. The average Bonchev–Trinajstić information content (AvgIpc) is 3.25. The minimum atomic E-state index is -0.0795. The van der Waals surface area contributed by atoms with E-state index in [9.17, 15) is 4.79 Å². The van der Waals surface area contributed by atoms with Gasteiger partial charge in [-0.15, -0.1) is 10.2 Å². The molecule has 2 aromatic heterocycles. The maximum absolute atomic E-state index is 13.3. The van der Waals surface area contributed by atoms with Crippen molar-refractivity contribution in [2.24, 2.45) is 0 Å². The van der Waals surface area contributed by atoms with Crippen molar-refractivity contribution in [3.63, 3.8) is 0 Å². The first kappa shape index (κ1) is 20.3. The zero-order chi connectivity index (χ0) is 20.9. The van der Waals surface area contributed by atoms with Crippen molar-refractivity contribution in [1.82, 2.24) is 19.7 Å². The number of thioether (sulfide) groups is 1. The van der Waals surface area contributed by atoms with Crippen LogP contribution < -0.4 is 5.56 Å². The highest BCUT2D eigenvalue weighted by molar-refractivity contribution is 7.98. The molecule has 0 saturated carbocycles. The molecule has 0 spiro atoms. The molecule has 4 aromatic rings. The van der Waals surface area contributed by atoms with Crippen LogP contribution >= 0.6 is 11.8 Å². The van der Waals surface area contributed by atoms with Gasteiger partial charge in [-0.25, -0.2) is 4.98 Å². The van der Waals surface area contributed by atoms with Crippen LogP contribution in [0.25, 0.3) is 16.6 Å². The summed E-state index contributed by atoms with van der Waals surface area (Å²) < 4.78 is 7.29. The van der Waals surface area contributed by atoms with Crippen LogP contribution in [-0.4, -0.2) is 19.7 Å². The van der Waals surface area contributed by atoms with E-state index in [1.165, 1.54) is 17.3 Å². The van der Waals surface area contributed by atoms with Gasteiger partial charge in [-0.05, 0) is 42.7 Å². The lowest BCUT2D eigenvalue weighted by molar-refractivity contribution is 0.469. The number of aryl methyl sites for hydroxylation is 2. The molecule has 0 aliphatic heterocycles. The van der Waals surface area contributed by atoms with Gasteiger partial charge in [0.15, 0.2) is 5.16 Å². The third-order valence-electron chi connectivity index (χ3n) is 4.89. The van der Waals surface area contributed by atoms with Crippen molar-refractivity contribution in [2.45, 2.75) is 50.4 Å². The standard InChI is InChI=1S/C23H24N4O2S/c1-3-5-8-16-11-13-17(14-12-16)27-22(28)18-9-6-7-10-19(18)24-23(27)30-15-21-26-25-20(4-2)29-21/h6-7,9-14H,3-5,8,15H2,1-2H3. The maximum Gasteiger partial charge on any atom is 0.266 e. The lowest BCUT2D eigenvalue weighted by Crippen LogP contribution is -2.21. The highest BCUT2D eigenvalue weighted by Gasteiger charge is 2.15. The maximum atomic E-state index is 13.3. The van der Waals surface area contributed by atoms with Gasteiger partial charge in [0.2, 0.25) is 11.8 Å². The van der Waals surface area contributed by atoms with Crippen molar-refractivity contribution >= 4 is 22.7 Å². The normalized spacial score (nSPS) is 11.3. The molecule has 2 aromatic carbocycles. The summed E-state index contributed by atoms with van der Waals surface area (Å²) in [7, 11) is 0. The third kappa shape index (κ3) is 4.31. The van der Waals surface area contributed by atoms with Gasteiger partial charge in [-0.1, -0.05) is 56.3 Å². The predicted molar refractivity (Wildman–Crippen MR) is 119 cm³/mol. The fourth-order valence-electron chi connectivity index (χ4n) is 3.25. The molecule has 0 bridgehead atoms. The summed E-state index contributed by atoms with van der Waals surface area (Å²) >= 11 is 1.42. The molecule has 6 nitrogen and oxygen atoms in total. The molecule has 7 heteroatoms. The number of hydrogen-bond acceptors (Lipinski definition) is 6. The van der Waals surface area contributed by atoms with Crippen LogP contribution in [-0.2, 0) is 18.6 Å². The first-order valence-electron chi connectivity index (χ1n) is 10.2. The zero-order valence-electron chi connectivity index (χ0n) is 17.2. The van der Waals surface area contributed by atoms with Gasteiger partial charge in [-0.2, -0.15) is 0 Å². The minimum Gasteiger partial charge on any atom is -0.424 e. The number of hydrogen-bond donors (Lipinski definition) is 0. The molecule has 2 heterocycles. The van der Waals surface area contributed by atoms with Gasteiger partial charge in [0.1, 0.15) is 0 Å². The molecule has 0 aliphatic carbocycles. The Labute approximate surface area is 179 Å². The molecular weight excluding hydrogens is 396 g/mol. The second kappa shape index (κ2) is 9.26. The Balaban J connectivity index is 1.73. The summed E-state index contributed by atoms with van der Waals surface area (Å²) in [6.07, 6.45) is 4.05. The van der Waals surface area contributed by atoms with E-state index >= 15 is 0 Å². The van der Waals surface area contributed by atoms with Crippen LogP contribution in [0.15, 0.2) is 62.9 Å². The van der Waals surface area contributed by atoms with E-state index in [-0.39, 0.29) is 5.56 Å². The highest BCUT2D eigenvalue weighted by atomic mass is 32.2. The van der Waals surface area contributed by atoms with Gasteiger partial charge < -0.3 is 4.42 Å². The number of nitrogens with zero attached hydrogens (tertiary/aromatic N) is 4. The lowest BCUT2D eigenvalue weighted by atomic mass is 10.1. The van der Waals surface area contributed by atoms with E-state index in [2.05, 4.69) is 29.3 Å². The number of fused-ring (bicyclic) bond motifs is 1. The largest absolute Gasteiger partial charge is 0.424 e. The van der Waals surface area contributed by atoms with E-state index in [1.807, 2.05) is 43.3 Å². The SMILES string of the molecule is CCCCc1ccc(-n2c(SCc3nnc(CC)o3)nc3ccccc3c2=O)cc1. The fraction of sp³-hybridized carbons (Fsp3) is 0.304. The minimum absolute atomic E-state index is 0.0795. The lowest BCUT2D eigenvalue weighted by Gasteiger charge is -2.13. The highest BCUT2D eigenvalue weighted by Crippen LogP contribution is 2.24. The van der Waals surface area contributed by atoms with Crippen LogP contribution in [0.3, 0.4) is 0 Å². The zero-order valence-corrected chi connectivity index (χ0v) is 18.0. The molecule has 0 radical (unpaired) electrons. The molecule has 0 fully saturated rings. The summed E-state index contributed by atoms with van der Waals surface area (Å²) in [6, 6.07) is 15.6. The van der Waals surface area contributed by atoms with Gasteiger partial charge in [-0.3, -0.25) is 9.36 Å². The van der Waals surface area contributed by atoms with Crippen molar-refractivity contribution < 1.29 is 4.42 Å². The molecule has 30 heavy (non-hydrogen) atoms. The molecule has 154 valence electrons. The van der Waals surface area contributed by atoms with Gasteiger partial charge in [0.25, 0.3) is 5.56 Å². The number of unbranched alkanes of at least 4 members (excludes halogenated alkanes) is 1. The Morgan fingerprint density at radius 2 is 1.77 bits per heavy atom. The van der Waals surface area contributed by atoms with Gasteiger partial charge in [0, 0.05) is 6.42 Å². The molecular formula is C23H24N4O2S. The molecule has 0 N–H and O–H groups in total. The quantitative estimate of drug-likeness (QED) is 0.296. The van der Waals surface area contributed by atoms with E-state index in [1.54, 1.807) is 4.57 Å². The van der Waals surface area contributed by atoms with Crippen LogP contribution in [0.5, 0.6) is 0 Å². The van der Waals surface area contributed by atoms with Crippen LogP contribution in [0, 0.1) is 0 Å². The Kier molecular flexibility index (Phi) is 6.28. The van der Waals surface area contributed by atoms with Crippen molar-refractivity contribution in [3.05, 3.63) is 76.2 Å². The Morgan fingerprint density at radius 1 is 1.00 bits per heavy atom. The molecule has 0 atom stereocenters. The van der Waals surface area contributed by atoms with Crippen LogP contribution in [0.1, 0.15) is 44.0 Å². The second-order valence-electron chi connectivity index (χ2n) is 7.05. The molecule has 4 rings (SSSR count). The first-order chi connectivity index (χ1) is 14.7. The summed E-state index contributed by atoms with van der Waals surface area (Å²) in [5, 5.41) is 9.29. The average molecular weight is 421 g/mol. The van der Waals surface area contributed by atoms with E-state index in [4.69, 9.17) is 9.40 Å². The van der Waals surface area contributed by atoms with Crippen LogP contribution in [0.2, 0.25) is 0 Å². The van der Waals surface area contributed by atoms with Crippen LogP contribution in [0.4, 0.5) is 0 Å². The van der Waals surface area contributed by atoms with E-state index < -0.39 is 0 Å². The Morgan fingerprint density at radius 3 is 2.50 bits per heavy atom. The van der Waals surface area contributed by atoms with Crippen molar-refractivity contribution in [1.29, 1.82) is 0 Å². The number of para-hydroxylation sites is 1. The fourth-order valence-corrected chi connectivity index (χ4v) is 4.09. The first-order valence-corrected chi connectivity index (χ1v) is 11.2. The van der Waals surface area contributed by atoms with Crippen molar-refractivity contribution in [3.8, 4) is 5.69 Å². The molecule has 0 amide bonds. The number of aromatic nitrogens is 4.